The lowest BCUT2D eigenvalue weighted by Gasteiger charge is -2.11. The number of carboxylic acid groups (broad SMARTS) is 1. The third-order valence-electron chi connectivity index (χ3n) is 5.14. The molecule has 0 aliphatic heterocycles. The molecule has 0 saturated heterocycles. The number of carboxylic acids is 1. The van der Waals surface area contributed by atoms with Gasteiger partial charge in [0.1, 0.15) is 23.9 Å². The van der Waals surface area contributed by atoms with Crippen molar-refractivity contribution in [1.29, 1.82) is 0 Å². The number of methoxy groups -OCH3 is 1. The quantitative estimate of drug-likeness (QED) is 0.516. The molecule has 172 valence electrons. The SMILES string of the molecule is COc1ccc(-c2cncc(OCc3ccc(OC(F)(F)F)cc3)c2)nc1C1CC1C(=O)O. The van der Waals surface area contributed by atoms with Crippen LogP contribution in [-0.2, 0) is 11.4 Å². The van der Waals surface area contributed by atoms with Crippen LogP contribution in [0.1, 0.15) is 23.6 Å². The number of halogens is 3. The lowest BCUT2D eigenvalue weighted by Crippen LogP contribution is -2.17. The zero-order valence-corrected chi connectivity index (χ0v) is 17.4. The number of pyridine rings is 2. The van der Waals surface area contributed by atoms with Crippen LogP contribution in [0.5, 0.6) is 17.2 Å². The fourth-order valence-corrected chi connectivity index (χ4v) is 3.42. The first-order chi connectivity index (χ1) is 15.7. The number of hydrogen-bond acceptors (Lipinski definition) is 6. The van der Waals surface area contributed by atoms with Crippen LogP contribution in [0.2, 0.25) is 0 Å². The van der Waals surface area contributed by atoms with Gasteiger partial charge >= 0.3 is 12.3 Å². The molecule has 0 bridgehead atoms. The van der Waals surface area contributed by atoms with Crippen molar-refractivity contribution in [2.24, 2.45) is 5.92 Å². The first-order valence-electron chi connectivity index (χ1n) is 9.94. The molecule has 1 N–H and O–H groups in total. The Morgan fingerprint density at radius 2 is 1.88 bits per heavy atom. The van der Waals surface area contributed by atoms with Crippen LogP contribution in [0.3, 0.4) is 0 Å². The molecular formula is C23H19F3N2O5. The van der Waals surface area contributed by atoms with Crippen molar-refractivity contribution in [2.75, 3.05) is 7.11 Å². The smallest absolute Gasteiger partial charge is 0.495 e. The highest BCUT2D eigenvalue weighted by Gasteiger charge is 2.46. The monoisotopic (exact) mass is 460 g/mol. The third-order valence-corrected chi connectivity index (χ3v) is 5.14. The molecule has 2 aromatic heterocycles. The largest absolute Gasteiger partial charge is 0.573 e. The number of rotatable bonds is 8. The number of ether oxygens (including phenoxy) is 3. The first kappa shape index (κ1) is 22.4. The Balaban J connectivity index is 1.46. The van der Waals surface area contributed by atoms with Gasteiger partial charge in [0.2, 0.25) is 0 Å². The van der Waals surface area contributed by atoms with Gasteiger partial charge in [0, 0.05) is 17.7 Å². The zero-order chi connectivity index (χ0) is 23.6. The fraction of sp³-hybridized carbons (Fsp3) is 0.261. The average Bonchev–Trinajstić information content (AvgIpc) is 3.59. The Kier molecular flexibility index (Phi) is 6.08. The molecule has 3 aromatic rings. The number of aromatic nitrogens is 2. The number of aliphatic carboxylic acids is 1. The molecule has 0 radical (unpaired) electrons. The molecular weight excluding hydrogens is 441 g/mol. The van der Waals surface area contributed by atoms with Crippen molar-refractivity contribution in [2.45, 2.75) is 25.3 Å². The molecule has 33 heavy (non-hydrogen) atoms. The van der Waals surface area contributed by atoms with Crippen LogP contribution in [0.25, 0.3) is 11.3 Å². The number of carbonyl (C=O) groups is 1. The van der Waals surface area contributed by atoms with Crippen LogP contribution in [0.15, 0.2) is 54.9 Å². The molecule has 1 aromatic carbocycles. The van der Waals surface area contributed by atoms with Crippen LogP contribution in [-0.4, -0.2) is 34.5 Å². The average molecular weight is 460 g/mol. The van der Waals surface area contributed by atoms with Crippen molar-refractivity contribution < 1.29 is 37.3 Å². The Bertz CT molecular complexity index is 1150. The van der Waals surface area contributed by atoms with Gasteiger partial charge in [-0.1, -0.05) is 12.1 Å². The van der Waals surface area contributed by atoms with E-state index in [1.807, 2.05) is 0 Å². The number of hydrogen-bond donors (Lipinski definition) is 1. The van der Waals surface area contributed by atoms with Crippen LogP contribution >= 0.6 is 0 Å². The van der Waals surface area contributed by atoms with Gasteiger partial charge in [-0.25, -0.2) is 4.98 Å². The topological polar surface area (TPSA) is 90.8 Å². The lowest BCUT2D eigenvalue weighted by atomic mass is 10.1. The summed E-state index contributed by atoms with van der Waals surface area (Å²) in [7, 11) is 1.51. The molecule has 0 amide bonds. The summed E-state index contributed by atoms with van der Waals surface area (Å²) in [5, 5.41) is 9.24. The lowest BCUT2D eigenvalue weighted by molar-refractivity contribution is -0.274. The summed E-state index contributed by atoms with van der Waals surface area (Å²) in [5.74, 6) is -0.860. The van der Waals surface area contributed by atoms with Crippen molar-refractivity contribution >= 4 is 5.97 Å². The summed E-state index contributed by atoms with van der Waals surface area (Å²) in [5.41, 5.74) is 2.49. The summed E-state index contributed by atoms with van der Waals surface area (Å²) < 4.78 is 51.7. The minimum Gasteiger partial charge on any atom is -0.495 e. The Morgan fingerprint density at radius 1 is 1.12 bits per heavy atom. The second-order valence-corrected chi connectivity index (χ2v) is 7.46. The van der Waals surface area contributed by atoms with Crippen LogP contribution in [0.4, 0.5) is 13.2 Å². The van der Waals surface area contributed by atoms with E-state index < -0.39 is 18.2 Å². The molecule has 1 aliphatic rings. The van der Waals surface area contributed by atoms with Gasteiger partial charge in [-0.3, -0.25) is 9.78 Å². The van der Waals surface area contributed by atoms with E-state index in [-0.39, 0.29) is 18.3 Å². The molecule has 2 heterocycles. The van der Waals surface area contributed by atoms with Gasteiger partial charge in [-0.2, -0.15) is 0 Å². The van der Waals surface area contributed by atoms with E-state index in [0.717, 1.165) is 0 Å². The number of nitrogens with zero attached hydrogens (tertiary/aromatic N) is 2. The highest BCUT2D eigenvalue weighted by atomic mass is 19.4. The second-order valence-electron chi connectivity index (χ2n) is 7.46. The molecule has 2 atom stereocenters. The van der Waals surface area contributed by atoms with Crippen molar-refractivity contribution in [3.63, 3.8) is 0 Å². The molecule has 7 nitrogen and oxygen atoms in total. The van der Waals surface area contributed by atoms with Gasteiger partial charge in [0.15, 0.2) is 0 Å². The second kappa shape index (κ2) is 8.97. The van der Waals surface area contributed by atoms with Crippen molar-refractivity contribution in [3.05, 3.63) is 66.1 Å². The molecule has 1 saturated carbocycles. The predicted molar refractivity (Wildman–Crippen MR) is 110 cm³/mol. The van der Waals surface area contributed by atoms with Gasteiger partial charge < -0.3 is 19.3 Å². The minimum atomic E-state index is -4.74. The normalized spacial score (nSPS) is 17.3. The summed E-state index contributed by atoms with van der Waals surface area (Å²) in [6, 6.07) is 10.6. The number of benzene rings is 1. The van der Waals surface area contributed by atoms with Crippen molar-refractivity contribution in [1.82, 2.24) is 9.97 Å². The summed E-state index contributed by atoms with van der Waals surface area (Å²) in [6.45, 7) is 0.112. The molecule has 0 spiro atoms. The summed E-state index contributed by atoms with van der Waals surface area (Å²) in [6.07, 6.45) is -1.11. The maximum Gasteiger partial charge on any atom is 0.573 e. The summed E-state index contributed by atoms with van der Waals surface area (Å²) in [4.78, 5) is 20.0. The van der Waals surface area contributed by atoms with E-state index in [9.17, 15) is 23.1 Å². The van der Waals surface area contributed by atoms with Crippen LogP contribution in [0, 0.1) is 5.92 Å². The van der Waals surface area contributed by atoms with E-state index in [1.54, 1.807) is 24.4 Å². The Hall–Kier alpha value is -3.82. The maximum atomic E-state index is 12.3. The molecule has 1 fully saturated rings. The Morgan fingerprint density at radius 3 is 2.52 bits per heavy atom. The minimum absolute atomic E-state index is 0.112. The molecule has 4 rings (SSSR count). The fourth-order valence-electron chi connectivity index (χ4n) is 3.42. The van der Waals surface area contributed by atoms with Crippen LogP contribution < -0.4 is 14.2 Å². The number of alkyl halides is 3. The third kappa shape index (κ3) is 5.51. The first-order valence-corrected chi connectivity index (χ1v) is 9.94. The van der Waals surface area contributed by atoms with Gasteiger partial charge in [0.25, 0.3) is 0 Å². The highest BCUT2D eigenvalue weighted by Crippen LogP contribution is 2.50. The van der Waals surface area contributed by atoms with E-state index >= 15 is 0 Å². The zero-order valence-electron chi connectivity index (χ0n) is 17.4. The molecule has 10 heteroatoms. The van der Waals surface area contributed by atoms with E-state index in [2.05, 4.69) is 14.7 Å². The molecule has 1 aliphatic carbocycles. The predicted octanol–water partition coefficient (Wildman–Crippen LogP) is 4.82. The van der Waals surface area contributed by atoms with Gasteiger partial charge in [-0.15, -0.1) is 13.2 Å². The standard InChI is InChI=1S/C23H19F3N2O5/c1-31-20-7-6-19(28-21(20)17-9-18(17)22(29)30)14-8-16(11-27-10-14)32-12-13-2-4-15(5-3-13)33-23(24,25)26/h2-8,10-11,17-18H,9,12H2,1H3,(H,29,30). The highest BCUT2D eigenvalue weighted by molar-refractivity contribution is 5.75. The molecule has 2 unspecified atom stereocenters. The van der Waals surface area contributed by atoms with E-state index in [0.29, 0.717) is 40.4 Å². The van der Waals surface area contributed by atoms with Crippen molar-refractivity contribution in [3.8, 4) is 28.5 Å². The van der Waals surface area contributed by atoms with E-state index in [1.165, 1.54) is 37.6 Å². The van der Waals surface area contributed by atoms with Gasteiger partial charge in [0.05, 0.1) is 30.6 Å². The summed E-state index contributed by atoms with van der Waals surface area (Å²) >= 11 is 0. The van der Waals surface area contributed by atoms with Gasteiger partial charge in [-0.05, 0) is 42.3 Å². The van der Waals surface area contributed by atoms with E-state index in [4.69, 9.17) is 9.47 Å². The maximum absolute atomic E-state index is 12.3. The Labute approximate surface area is 186 Å².